The van der Waals surface area contributed by atoms with Crippen molar-refractivity contribution in [2.24, 2.45) is 0 Å². The van der Waals surface area contributed by atoms with Gasteiger partial charge in [0, 0.05) is 10.7 Å². The lowest BCUT2D eigenvalue weighted by Gasteiger charge is -2.19. The van der Waals surface area contributed by atoms with Gasteiger partial charge in [-0.25, -0.2) is 4.79 Å². The normalized spacial score (nSPS) is 17.2. The highest BCUT2D eigenvalue weighted by Crippen LogP contribution is 2.26. The summed E-state index contributed by atoms with van der Waals surface area (Å²) in [5.41, 5.74) is 0. The molecule has 128 valence electrons. The molecule has 0 aliphatic heterocycles. The van der Waals surface area contributed by atoms with Gasteiger partial charge in [-0.3, -0.25) is 4.79 Å². The maximum atomic E-state index is 12.3. The Hall–Kier alpha value is -1.88. The zero-order valence-electron chi connectivity index (χ0n) is 13.9. The molecule has 0 bridgehead atoms. The molecule has 1 saturated carbocycles. The van der Waals surface area contributed by atoms with E-state index >= 15 is 0 Å². The van der Waals surface area contributed by atoms with E-state index in [2.05, 4.69) is 5.32 Å². The maximum Gasteiger partial charge on any atom is 0.349 e. The first-order valence-corrected chi connectivity index (χ1v) is 9.45. The summed E-state index contributed by atoms with van der Waals surface area (Å²) in [5.74, 6) is -0.629. The summed E-state index contributed by atoms with van der Waals surface area (Å²) >= 11 is 1.39. The molecule has 1 N–H and O–H groups in total. The van der Waals surface area contributed by atoms with Gasteiger partial charge in [0.15, 0.2) is 6.10 Å². The number of ether oxygens (including phenoxy) is 1. The van der Waals surface area contributed by atoms with Crippen LogP contribution in [0.4, 0.5) is 0 Å². The Labute approximate surface area is 146 Å². The lowest BCUT2D eigenvalue weighted by Crippen LogP contribution is -2.41. The average Bonchev–Trinajstić information content (AvgIpc) is 2.85. The third-order valence-electron chi connectivity index (χ3n) is 4.48. The third kappa shape index (κ3) is 4.15. The molecule has 1 heterocycles. The standard InChI is InChI=1S/C19H23NO3S/c1-13(18(21)20-15-9-4-2-3-5-10-15)23-19(22)17-12-14-8-6-7-11-16(14)24-17/h6-8,11-13,15H,2-5,9-10H2,1H3,(H,20,21)/t13-/m0/s1. The van der Waals surface area contributed by atoms with E-state index in [1.807, 2.05) is 30.3 Å². The number of amides is 1. The van der Waals surface area contributed by atoms with Crippen LogP contribution in [0.1, 0.15) is 55.1 Å². The second-order valence-electron chi connectivity index (χ2n) is 6.39. The van der Waals surface area contributed by atoms with E-state index in [1.54, 1.807) is 6.92 Å². The molecule has 1 aliphatic carbocycles. The fraction of sp³-hybridized carbons (Fsp3) is 0.474. The van der Waals surface area contributed by atoms with E-state index in [4.69, 9.17) is 4.74 Å². The summed E-state index contributed by atoms with van der Waals surface area (Å²) in [7, 11) is 0. The van der Waals surface area contributed by atoms with E-state index < -0.39 is 12.1 Å². The van der Waals surface area contributed by atoms with E-state index in [0.29, 0.717) is 4.88 Å². The molecule has 2 aromatic rings. The number of hydrogen-bond acceptors (Lipinski definition) is 4. The minimum absolute atomic E-state index is 0.198. The zero-order chi connectivity index (χ0) is 16.9. The highest BCUT2D eigenvalue weighted by Gasteiger charge is 2.23. The van der Waals surface area contributed by atoms with E-state index in [1.165, 1.54) is 24.2 Å². The Balaban J connectivity index is 1.57. The second kappa shape index (κ2) is 7.79. The number of thiophene rings is 1. The van der Waals surface area contributed by atoms with E-state index in [9.17, 15) is 9.59 Å². The fourth-order valence-electron chi connectivity index (χ4n) is 3.10. The molecule has 1 fully saturated rings. The molecular weight excluding hydrogens is 322 g/mol. The van der Waals surface area contributed by atoms with Gasteiger partial charge in [0.2, 0.25) is 0 Å². The molecule has 1 atom stereocenters. The minimum atomic E-state index is -0.772. The van der Waals surface area contributed by atoms with Crippen LogP contribution in [0.3, 0.4) is 0 Å². The van der Waals surface area contributed by atoms with Gasteiger partial charge in [-0.2, -0.15) is 0 Å². The number of rotatable bonds is 4. The van der Waals surface area contributed by atoms with Crippen LogP contribution in [0.25, 0.3) is 10.1 Å². The third-order valence-corrected chi connectivity index (χ3v) is 5.58. The van der Waals surface area contributed by atoms with Crippen LogP contribution >= 0.6 is 11.3 Å². The van der Waals surface area contributed by atoms with Crippen LogP contribution in [-0.2, 0) is 9.53 Å². The van der Waals surface area contributed by atoms with Crippen molar-refractivity contribution in [3.05, 3.63) is 35.2 Å². The number of esters is 1. The smallest absolute Gasteiger partial charge is 0.349 e. The van der Waals surface area contributed by atoms with Crippen LogP contribution in [0, 0.1) is 0 Å². The van der Waals surface area contributed by atoms with Gasteiger partial charge in [-0.15, -0.1) is 11.3 Å². The van der Waals surface area contributed by atoms with E-state index in [-0.39, 0.29) is 11.9 Å². The monoisotopic (exact) mass is 345 g/mol. The molecule has 0 saturated heterocycles. The van der Waals surface area contributed by atoms with Gasteiger partial charge in [0.05, 0.1) is 0 Å². The fourth-order valence-corrected chi connectivity index (χ4v) is 4.04. The first-order valence-electron chi connectivity index (χ1n) is 8.63. The topological polar surface area (TPSA) is 55.4 Å². The lowest BCUT2D eigenvalue weighted by atomic mass is 10.1. The predicted molar refractivity (Wildman–Crippen MR) is 96.3 cm³/mol. The van der Waals surface area contributed by atoms with Gasteiger partial charge < -0.3 is 10.1 Å². The number of fused-ring (bicyclic) bond motifs is 1. The van der Waals surface area contributed by atoms with Crippen molar-refractivity contribution in [2.45, 2.75) is 57.6 Å². The van der Waals surface area contributed by atoms with Crippen molar-refractivity contribution >= 4 is 33.3 Å². The van der Waals surface area contributed by atoms with Crippen molar-refractivity contribution in [3.8, 4) is 0 Å². The molecule has 5 heteroatoms. The summed E-state index contributed by atoms with van der Waals surface area (Å²) in [6.07, 6.45) is 6.05. The molecule has 0 radical (unpaired) electrons. The number of benzene rings is 1. The molecule has 0 unspecified atom stereocenters. The summed E-state index contributed by atoms with van der Waals surface area (Å²) in [6, 6.07) is 9.84. The van der Waals surface area contributed by atoms with Crippen molar-refractivity contribution in [3.63, 3.8) is 0 Å². The molecule has 1 aromatic carbocycles. The number of carbonyl (C=O) groups excluding carboxylic acids is 2. The molecule has 4 nitrogen and oxygen atoms in total. The Bertz CT molecular complexity index is 683. The SMILES string of the molecule is C[C@H](OC(=O)c1cc2ccccc2s1)C(=O)NC1CCCCCC1. The van der Waals surface area contributed by atoms with Gasteiger partial charge in [-0.1, -0.05) is 43.9 Å². The highest BCUT2D eigenvalue weighted by atomic mass is 32.1. The molecule has 1 aromatic heterocycles. The summed E-state index contributed by atoms with van der Waals surface area (Å²) < 4.78 is 6.40. The highest BCUT2D eigenvalue weighted by molar-refractivity contribution is 7.20. The first-order chi connectivity index (χ1) is 11.6. The van der Waals surface area contributed by atoms with Crippen LogP contribution in [0.2, 0.25) is 0 Å². The average molecular weight is 345 g/mol. The van der Waals surface area contributed by atoms with Gasteiger partial charge in [0.25, 0.3) is 5.91 Å². The van der Waals surface area contributed by atoms with Crippen LogP contribution in [0.15, 0.2) is 30.3 Å². The van der Waals surface area contributed by atoms with Gasteiger partial charge in [0.1, 0.15) is 4.88 Å². The predicted octanol–water partition coefficient (Wildman–Crippen LogP) is 4.29. The van der Waals surface area contributed by atoms with Crippen molar-refractivity contribution in [2.75, 3.05) is 0 Å². The van der Waals surface area contributed by atoms with Crippen LogP contribution in [0.5, 0.6) is 0 Å². The summed E-state index contributed by atoms with van der Waals surface area (Å²) in [4.78, 5) is 25.1. The first kappa shape index (κ1) is 17.0. The Morgan fingerprint density at radius 3 is 2.58 bits per heavy atom. The van der Waals surface area contributed by atoms with Crippen LogP contribution < -0.4 is 5.32 Å². The molecule has 24 heavy (non-hydrogen) atoms. The van der Waals surface area contributed by atoms with Crippen molar-refractivity contribution in [1.82, 2.24) is 5.32 Å². The van der Waals surface area contributed by atoms with Gasteiger partial charge >= 0.3 is 5.97 Å². The zero-order valence-corrected chi connectivity index (χ0v) is 14.7. The Morgan fingerprint density at radius 1 is 1.17 bits per heavy atom. The van der Waals surface area contributed by atoms with Crippen LogP contribution in [-0.4, -0.2) is 24.0 Å². The minimum Gasteiger partial charge on any atom is -0.448 e. The van der Waals surface area contributed by atoms with Crippen molar-refractivity contribution < 1.29 is 14.3 Å². The molecule has 0 spiro atoms. The lowest BCUT2D eigenvalue weighted by molar-refractivity contribution is -0.129. The molecule has 1 amide bonds. The number of carbonyl (C=O) groups is 2. The van der Waals surface area contributed by atoms with Crippen molar-refractivity contribution in [1.29, 1.82) is 0 Å². The second-order valence-corrected chi connectivity index (χ2v) is 7.48. The largest absolute Gasteiger partial charge is 0.448 e. The summed E-state index contributed by atoms with van der Waals surface area (Å²) in [5, 5.41) is 4.05. The Kier molecular flexibility index (Phi) is 5.51. The number of nitrogens with one attached hydrogen (secondary N) is 1. The van der Waals surface area contributed by atoms with Gasteiger partial charge in [-0.05, 0) is 37.3 Å². The quantitative estimate of drug-likeness (QED) is 0.664. The molecular formula is C19H23NO3S. The molecule has 3 rings (SSSR count). The van der Waals surface area contributed by atoms with E-state index in [0.717, 1.165) is 35.8 Å². The molecule has 1 aliphatic rings. The Morgan fingerprint density at radius 2 is 1.88 bits per heavy atom. The maximum absolute atomic E-state index is 12.3. The summed E-state index contributed by atoms with van der Waals surface area (Å²) in [6.45, 7) is 1.64. The number of hydrogen-bond donors (Lipinski definition) is 1.